The van der Waals surface area contributed by atoms with Gasteiger partial charge in [0.1, 0.15) is 11.5 Å². The van der Waals surface area contributed by atoms with Gasteiger partial charge in [0.05, 0.1) is 10.2 Å². The van der Waals surface area contributed by atoms with Crippen LogP contribution < -0.4 is 5.32 Å². The third-order valence-electron chi connectivity index (χ3n) is 5.60. The molecule has 32 heavy (non-hydrogen) atoms. The number of nitro benzene ring substituents is 1. The van der Waals surface area contributed by atoms with Gasteiger partial charge in [0.25, 0.3) is 5.69 Å². The number of benzene rings is 1. The number of carbonyl (C=O) groups is 1. The fraction of sp³-hybridized carbons (Fsp3) is 0.409. The van der Waals surface area contributed by atoms with Gasteiger partial charge in [-0.15, -0.1) is 21.5 Å². The topological polar surface area (TPSA) is 103 Å². The molecule has 1 unspecified atom stereocenters. The van der Waals surface area contributed by atoms with Crippen molar-refractivity contribution in [3.8, 4) is 0 Å². The predicted molar refractivity (Wildman–Crippen MR) is 126 cm³/mol. The van der Waals surface area contributed by atoms with Gasteiger partial charge in [0, 0.05) is 23.4 Å². The quantitative estimate of drug-likeness (QED) is 0.266. The molecule has 0 spiro atoms. The number of aromatic nitrogens is 3. The van der Waals surface area contributed by atoms with Crippen LogP contribution in [0.3, 0.4) is 0 Å². The van der Waals surface area contributed by atoms with Gasteiger partial charge in [-0.3, -0.25) is 14.9 Å². The number of anilines is 1. The molecular weight excluding hydrogens is 446 g/mol. The maximum absolute atomic E-state index is 12.8. The van der Waals surface area contributed by atoms with Crippen molar-refractivity contribution in [2.45, 2.75) is 61.9 Å². The van der Waals surface area contributed by atoms with Crippen molar-refractivity contribution in [1.82, 2.24) is 14.8 Å². The molecule has 1 aromatic carbocycles. The van der Waals surface area contributed by atoms with E-state index < -0.39 is 10.2 Å². The second kappa shape index (κ2) is 10.3. The van der Waals surface area contributed by atoms with Gasteiger partial charge in [0.15, 0.2) is 5.16 Å². The highest BCUT2D eigenvalue weighted by atomic mass is 32.2. The Morgan fingerprint density at radius 3 is 2.75 bits per heavy atom. The predicted octanol–water partition coefficient (Wildman–Crippen LogP) is 5.46. The van der Waals surface area contributed by atoms with Gasteiger partial charge >= 0.3 is 0 Å². The fourth-order valence-electron chi connectivity index (χ4n) is 3.97. The molecule has 4 rings (SSSR count). The zero-order valence-corrected chi connectivity index (χ0v) is 19.4. The zero-order valence-electron chi connectivity index (χ0n) is 17.8. The third kappa shape index (κ3) is 5.18. The minimum Gasteiger partial charge on any atom is -0.319 e. The minimum absolute atomic E-state index is 0.123. The molecule has 1 N–H and O–H groups in total. The van der Waals surface area contributed by atoms with Crippen LogP contribution in [0.25, 0.3) is 0 Å². The molecule has 0 radical (unpaired) electrons. The monoisotopic (exact) mass is 471 g/mol. The van der Waals surface area contributed by atoms with Crippen molar-refractivity contribution < 1.29 is 9.72 Å². The van der Waals surface area contributed by atoms with E-state index in [9.17, 15) is 14.9 Å². The van der Waals surface area contributed by atoms with E-state index in [1.807, 2.05) is 6.07 Å². The molecule has 0 saturated heterocycles. The highest BCUT2D eigenvalue weighted by molar-refractivity contribution is 8.00. The lowest BCUT2D eigenvalue weighted by Gasteiger charge is -2.26. The lowest BCUT2D eigenvalue weighted by molar-refractivity contribution is -0.383. The Kier molecular flexibility index (Phi) is 7.21. The number of carbonyl (C=O) groups excluding carboxylic acids is 1. The summed E-state index contributed by atoms with van der Waals surface area (Å²) in [7, 11) is 0. The fourth-order valence-corrected chi connectivity index (χ4v) is 5.61. The van der Waals surface area contributed by atoms with Crippen LogP contribution in [-0.2, 0) is 11.2 Å². The van der Waals surface area contributed by atoms with E-state index in [1.54, 1.807) is 30.4 Å². The molecule has 1 aliphatic rings. The minimum atomic E-state index is -0.496. The molecule has 1 aliphatic carbocycles. The van der Waals surface area contributed by atoms with Crippen LogP contribution in [0.15, 0.2) is 46.9 Å². The van der Waals surface area contributed by atoms with E-state index in [1.165, 1.54) is 48.0 Å². The summed E-state index contributed by atoms with van der Waals surface area (Å²) in [5.74, 6) is 0.621. The third-order valence-corrected chi connectivity index (χ3v) is 7.53. The Labute approximate surface area is 194 Å². The highest BCUT2D eigenvalue weighted by Gasteiger charge is 2.27. The zero-order chi connectivity index (χ0) is 22.5. The number of para-hydroxylation sites is 2. The molecule has 0 aliphatic heterocycles. The van der Waals surface area contributed by atoms with Gasteiger partial charge in [-0.2, -0.15) is 0 Å². The number of hydrogen-bond acceptors (Lipinski definition) is 7. The number of thioether (sulfide) groups is 1. The van der Waals surface area contributed by atoms with Crippen molar-refractivity contribution in [3.63, 3.8) is 0 Å². The Morgan fingerprint density at radius 1 is 1.25 bits per heavy atom. The van der Waals surface area contributed by atoms with Crippen molar-refractivity contribution in [3.05, 3.63) is 62.6 Å². The number of nitrogens with one attached hydrogen (secondary N) is 1. The molecule has 2 heterocycles. The molecule has 3 aromatic rings. The highest BCUT2D eigenvalue weighted by Crippen LogP contribution is 2.35. The first-order valence-electron chi connectivity index (χ1n) is 10.7. The van der Waals surface area contributed by atoms with E-state index in [-0.39, 0.29) is 17.3 Å². The van der Waals surface area contributed by atoms with E-state index in [0.717, 1.165) is 30.2 Å². The first kappa shape index (κ1) is 22.5. The number of hydrogen-bond donors (Lipinski definition) is 1. The van der Waals surface area contributed by atoms with Crippen LogP contribution in [0.4, 0.5) is 11.4 Å². The summed E-state index contributed by atoms with van der Waals surface area (Å²) in [4.78, 5) is 24.8. The van der Waals surface area contributed by atoms with Gasteiger partial charge in [0.2, 0.25) is 5.91 Å². The second-order valence-corrected chi connectivity index (χ2v) is 10.2. The summed E-state index contributed by atoms with van der Waals surface area (Å²) in [5.41, 5.74) is 0.0729. The van der Waals surface area contributed by atoms with Gasteiger partial charge < -0.3 is 9.88 Å². The van der Waals surface area contributed by atoms with Gasteiger partial charge in [-0.1, -0.05) is 49.2 Å². The van der Waals surface area contributed by atoms with E-state index in [4.69, 9.17) is 0 Å². The standard InChI is InChI=1S/C22H25N5O3S2/c1-15(21(28)23-18-11-5-6-12-19(18)27(29)30)32-22-25-24-20(14-17-10-7-13-31-17)26(22)16-8-3-2-4-9-16/h5-7,10-13,15-16H,2-4,8-9,14H2,1H3,(H,23,28). The van der Waals surface area contributed by atoms with Gasteiger partial charge in [-0.05, 0) is 37.3 Å². The number of nitro groups is 1. The van der Waals surface area contributed by atoms with Crippen molar-refractivity contribution in [2.75, 3.05) is 5.32 Å². The van der Waals surface area contributed by atoms with Crippen LogP contribution in [-0.4, -0.2) is 30.8 Å². The Balaban J connectivity index is 1.53. The maximum Gasteiger partial charge on any atom is 0.292 e. The number of rotatable bonds is 8. The van der Waals surface area contributed by atoms with E-state index >= 15 is 0 Å². The summed E-state index contributed by atoms with van der Waals surface area (Å²) in [6.45, 7) is 1.79. The van der Waals surface area contributed by atoms with Crippen molar-refractivity contribution in [2.24, 2.45) is 0 Å². The number of thiophene rings is 1. The summed E-state index contributed by atoms with van der Waals surface area (Å²) in [6, 6.07) is 10.6. The number of amides is 1. The summed E-state index contributed by atoms with van der Waals surface area (Å²) in [5, 5.41) is 25.2. The van der Waals surface area contributed by atoms with Crippen LogP contribution >= 0.6 is 23.1 Å². The Bertz CT molecular complexity index is 1080. The Hall–Kier alpha value is -2.72. The smallest absolute Gasteiger partial charge is 0.292 e. The first-order valence-corrected chi connectivity index (χ1v) is 12.5. The lowest BCUT2D eigenvalue weighted by Crippen LogP contribution is -2.24. The SMILES string of the molecule is CC(Sc1nnc(Cc2cccs2)n1C1CCCCC1)C(=O)Nc1ccccc1[N+](=O)[O-]. The molecule has 10 heteroatoms. The van der Waals surface area contributed by atoms with E-state index in [2.05, 4.69) is 31.5 Å². The second-order valence-electron chi connectivity index (χ2n) is 7.84. The molecule has 1 saturated carbocycles. The maximum atomic E-state index is 12.8. The van der Waals surface area contributed by atoms with Gasteiger partial charge in [-0.25, -0.2) is 0 Å². The summed E-state index contributed by atoms with van der Waals surface area (Å²) >= 11 is 3.05. The molecule has 1 amide bonds. The molecule has 1 atom stereocenters. The van der Waals surface area contributed by atoms with Crippen LogP contribution in [0, 0.1) is 10.1 Å². The molecule has 0 bridgehead atoms. The average Bonchev–Trinajstić information content (AvgIpc) is 3.45. The molecule has 1 fully saturated rings. The largest absolute Gasteiger partial charge is 0.319 e. The summed E-state index contributed by atoms with van der Waals surface area (Å²) < 4.78 is 2.22. The first-order chi connectivity index (χ1) is 15.5. The van der Waals surface area contributed by atoms with Crippen LogP contribution in [0.5, 0.6) is 0 Å². The lowest BCUT2D eigenvalue weighted by atomic mass is 9.95. The summed E-state index contributed by atoms with van der Waals surface area (Å²) in [6.07, 6.45) is 6.49. The molecule has 2 aromatic heterocycles. The molecule has 168 valence electrons. The van der Waals surface area contributed by atoms with Crippen molar-refractivity contribution in [1.29, 1.82) is 0 Å². The number of nitrogens with zero attached hydrogens (tertiary/aromatic N) is 4. The van der Waals surface area contributed by atoms with Crippen LogP contribution in [0.1, 0.15) is 55.8 Å². The normalized spacial score (nSPS) is 15.4. The molecule has 8 nitrogen and oxygen atoms in total. The van der Waals surface area contributed by atoms with Crippen molar-refractivity contribution >= 4 is 40.4 Å². The Morgan fingerprint density at radius 2 is 2.03 bits per heavy atom. The average molecular weight is 472 g/mol. The van der Waals surface area contributed by atoms with E-state index in [0.29, 0.717) is 6.04 Å². The molecular formula is C22H25N5O3S2. The van der Waals surface area contributed by atoms with Crippen LogP contribution in [0.2, 0.25) is 0 Å².